The summed E-state index contributed by atoms with van der Waals surface area (Å²) in [6.45, 7) is 6.26. The quantitative estimate of drug-likeness (QED) is 0.220. The number of benzene rings is 1. The van der Waals surface area contributed by atoms with Crippen LogP contribution in [-0.4, -0.2) is 25.9 Å². The molecule has 0 spiro atoms. The highest BCUT2D eigenvalue weighted by atomic mass is 19.1. The van der Waals surface area contributed by atoms with Crippen molar-refractivity contribution in [3.8, 4) is 6.07 Å². The third-order valence-corrected chi connectivity index (χ3v) is 7.75. The zero-order chi connectivity index (χ0) is 24.2. The van der Waals surface area contributed by atoms with Gasteiger partial charge in [-0.05, 0) is 106 Å². The van der Waals surface area contributed by atoms with Gasteiger partial charge in [-0.2, -0.15) is 5.26 Å². The SMILES string of the molecule is C=CCCOCCCC1CCC(OCC2CCC(CCc3cc(F)c(C#N)c(F)c3)CC2)CC1. The highest BCUT2D eigenvalue weighted by Crippen LogP contribution is 2.34. The Hall–Kier alpha value is -1.77. The van der Waals surface area contributed by atoms with E-state index in [2.05, 4.69) is 6.58 Å². The lowest BCUT2D eigenvalue weighted by Gasteiger charge is -2.32. The second kappa shape index (κ2) is 14.6. The summed E-state index contributed by atoms with van der Waals surface area (Å²) in [5.41, 5.74) is 0.164. The number of hydrogen-bond acceptors (Lipinski definition) is 3. The second-order valence-electron chi connectivity index (χ2n) is 10.3. The second-order valence-corrected chi connectivity index (χ2v) is 10.3. The van der Waals surface area contributed by atoms with Gasteiger partial charge < -0.3 is 9.47 Å². The maximum absolute atomic E-state index is 13.8. The molecule has 2 fully saturated rings. The van der Waals surface area contributed by atoms with E-state index in [1.165, 1.54) is 57.1 Å². The number of aryl methyl sites for hydroxylation is 1. The summed E-state index contributed by atoms with van der Waals surface area (Å²) in [5.74, 6) is 0.582. The van der Waals surface area contributed by atoms with Gasteiger partial charge >= 0.3 is 0 Å². The van der Waals surface area contributed by atoms with Gasteiger partial charge in [0.15, 0.2) is 0 Å². The van der Waals surface area contributed by atoms with Gasteiger partial charge in [-0.15, -0.1) is 6.58 Å². The van der Waals surface area contributed by atoms with Crippen molar-refractivity contribution < 1.29 is 18.3 Å². The van der Waals surface area contributed by atoms with Crippen LogP contribution in [0.2, 0.25) is 0 Å². The van der Waals surface area contributed by atoms with Gasteiger partial charge in [-0.1, -0.05) is 18.9 Å². The lowest BCUT2D eigenvalue weighted by molar-refractivity contribution is -0.0109. The van der Waals surface area contributed by atoms with E-state index in [9.17, 15) is 8.78 Å². The summed E-state index contributed by atoms with van der Waals surface area (Å²) in [7, 11) is 0. The summed E-state index contributed by atoms with van der Waals surface area (Å²) >= 11 is 0. The minimum atomic E-state index is -0.749. The van der Waals surface area contributed by atoms with E-state index in [0.717, 1.165) is 57.8 Å². The molecule has 0 heterocycles. The Morgan fingerprint density at radius 1 is 0.912 bits per heavy atom. The molecule has 0 radical (unpaired) electrons. The van der Waals surface area contributed by atoms with Crippen LogP contribution in [0.1, 0.15) is 88.2 Å². The molecule has 2 saturated carbocycles. The Kier molecular flexibility index (Phi) is 11.5. The average molecular weight is 474 g/mol. The monoisotopic (exact) mass is 473 g/mol. The van der Waals surface area contributed by atoms with Crippen molar-refractivity contribution >= 4 is 0 Å². The van der Waals surface area contributed by atoms with Crippen LogP contribution in [0.25, 0.3) is 0 Å². The van der Waals surface area contributed by atoms with Gasteiger partial charge in [0, 0.05) is 19.8 Å². The van der Waals surface area contributed by atoms with E-state index < -0.39 is 17.2 Å². The first-order valence-corrected chi connectivity index (χ1v) is 13.3. The Labute approximate surface area is 204 Å². The number of hydrogen-bond donors (Lipinski definition) is 0. The minimum absolute atomic E-state index is 0.430. The molecule has 0 bridgehead atoms. The molecule has 0 atom stereocenters. The summed E-state index contributed by atoms with van der Waals surface area (Å²) in [5, 5.41) is 8.80. The number of rotatable bonds is 13. The zero-order valence-corrected chi connectivity index (χ0v) is 20.6. The average Bonchev–Trinajstić information content (AvgIpc) is 2.85. The molecule has 188 valence electrons. The lowest BCUT2D eigenvalue weighted by atomic mass is 9.79. The number of halogens is 2. The fourth-order valence-corrected chi connectivity index (χ4v) is 5.54. The first-order chi connectivity index (χ1) is 16.6. The van der Waals surface area contributed by atoms with Gasteiger partial charge in [0.1, 0.15) is 23.3 Å². The van der Waals surface area contributed by atoms with Crippen LogP contribution in [0.15, 0.2) is 24.8 Å². The maximum atomic E-state index is 13.8. The van der Waals surface area contributed by atoms with Crippen LogP contribution in [0.4, 0.5) is 8.78 Å². The summed E-state index contributed by atoms with van der Waals surface area (Å²) in [6, 6.07) is 4.21. The molecule has 2 aliphatic carbocycles. The van der Waals surface area contributed by atoms with Gasteiger partial charge in [-0.3, -0.25) is 0 Å². The largest absolute Gasteiger partial charge is 0.381 e. The molecule has 0 N–H and O–H groups in total. The molecule has 3 nitrogen and oxygen atoms in total. The molecule has 1 aromatic rings. The Bertz CT molecular complexity index is 767. The summed E-state index contributed by atoms with van der Waals surface area (Å²) < 4.78 is 39.5. The first kappa shape index (κ1) is 26.8. The van der Waals surface area contributed by atoms with E-state index in [-0.39, 0.29) is 0 Å². The van der Waals surface area contributed by atoms with E-state index in [4.69, 9.17) is 14.7 Å². The molecule has 5 heteroatoms. The number of nitrogens with zero attached hydrogens (tertiary/aromatic N) is 1. The predicted octanol–water partition coefficient (Wildman–Crippen LogP) is 7.52. The molecule has 0 unspecified atom stereocenters. The summed E-state index contributed by atoms with van der Waals surface area (Å²) in [6.07, 6.45) is 16.9. The van der Waals surface area contributed by atoms with Crippen LogP contribution in [0.3, 0.4) is 0 Å². The molecule has 2 aliphatic rings. The van der Waals surface area contributed by atoms with Gasteiger partial charge in [0.2, 0.25) is 0 Å². The third-order valence-electron chi connectivity index (χ3n) is 7.75. The highest BCUT2D eigenvalue weighted by Gasteiger charge is 2.25. The normalized spacial score (nSPS) is 25.1. The van der Waals surface area contributed by atoms with E-state index in [0.29, 0.717) is 29.9 Å². The Balaban J connectivity index is 1.24. The maximum Gasteiger partial charge on any atom is 0.144 e. The molecule has 0 aliphatic heterocycles. The van der Waals surface area contributed by atoms with Crippen molar-refractivity contribution in [2.75, 3.05) is 19.8 Å². The van der Waals surface area contributed by atoms with Gasteiger partial charge in [-0.25, -0.2) is 8.78 Å². The fraction of sp³-hybridized carbons (Fsp3) is 0.690. The van der Waals surface area contributed by atoms with Crippen LogP contribution < -0.4 is 0 Å². The number of ether oxygens (including phenoxy) is 2. The molecule has 34 heavy (non-hydrogen) atoms. The van der Waals surface area contributed by atoms with Crippen molar-refractivity contribution in [3.05, 3.63) is 47.5 Å². The third kappa shape index (κ3) is 8.78. The molecule has 0 saturated heterocycles. The highest BCUT2D eigenvalue weighted by molar-refractivity contribution is 5.35. The van der Waals surface area contributed by atoms with E-state index in [1.807, 2.05) is 6.08 Å². The number of nitriles is 1. The Morgan fingerprint density at radius 2 is 1.53 bits per heavy atom. The molecule has 3 rings (SSSR count). The standard InChI is InChI=1S/C29H41F2NO2/c1-2-3-16-33-17-4-5-22-12-14-26(15-13-22)34-21-24-9-6-23(7-10-24)8-11-25-18-28(30)27(20-32)29(31)19-25/h2,18-19,22-24,26H,1,3-17,21H2. The molecule has 0 aromatic heterocycles. The van der Waals surface area contributed by atoms with Crippen molar-refractivity contribution in [1.82, 2.24) is 0 Å². The molecular weight excluding hydrogens is 432 g/mol. The van der Waals surface area contributed by atoms with E-state index >= 15 is 0 Å². The summed E-state index contributed by atoms with van der Waals surface area (Å²) in [4.78, 5) is 0. The predicted molar refractivity (Wildman–Crippen MR) is 131 cm³/mol. The van der Waals surface area contributed by atoms with Crippen LogP contribution in [0, 0.1) is 40.7 Å². The Morgan fingerprint density at radius 3 is 2.18 bits per heavy atom. The van der Waals surface area contributed by atoms with Crippen molar-refractivity contribution in [2.45, 2.75) is 89.6 Å². The van der Waals surface area contributed by atoms with Crippen molar-refractivity contribution in [2.24, 2.45) is 17.8 Å². The fourth-order valence-electron chi connectivity index (χ4n) is 5.54. The topological polar surface area (TPSA) is 42.2 Å². The van der Waals surface area contributed by atoms with Crippen molar-refractivity contribution in [3.63, 3.8) is 0 Å². The first-order valence-electron chi connectivity index (χ1n) is 13.3. The minimum Gasteiger partial charge on any atom is -0.381 e. The molecular formula is C29H41F2NO2. The molecule has 0 amide bonds. The lowest BCUT2D eigenvalue weighted by Crippen LogP contribution is -2.26. The van der Waals surface area contributed by atoms with Crippen molar-refractivity contribution in [1.29, 1.82) is 5.26 Å². The van der Waals surface area contributed by atoms with Crippen LogP contribution in [0.5, 0.6) is 0 Å². The zero-order valence-electron chi connectivity index (χ0n) is 20.6. The van der Waals surface area contributed by atoms with E-state index in [1.54, 1.807) is 6.07 Å². The van der Waals surface area contributed by atoms with Crippen LogP contribution in [-0.2, 0) is 15.9 Å². The molecule has 1 aromatic carbocycles. The smallest absolute Gasteiger partial charge is 0.144 e. The van der Waals surface area contributed by atoms with Crippen LogP contribution >= 0.6 is 0 Å². The van der Waals surface area contributed by atoms with Gasteiger partial charge in [0.25, 0.3) is 0 Å². The van der Waals surface area contributed by atoms with Gasteiger partial charge in [0.05, 0.1) is 6.10 Å².